The molecule has 1 heterocycles. The lowest BCUT2D eigenvalue weighted by Gasteiger charge is -2.11. The molecule has 0 atom stereocenters. The highest BCUT2D eigenvalue weighted by molar-refractivity contribution is 6.66. The maximum atomic E-state index is 14.3. The van der Waals surface area contributed by atoms with Crippen molar-refractivity contribution >= 4 is 29.0 Å². The average Bonchev–Trinajstić information content (AvgIpc) is 2.66. The van der Waals surface area contributed by atoms with Gasteiger partial charge in [0, 0.05) is 23.6 Å². The maximum Gasteiger partial charge on any atom is 0.323 e. The summed E-state index contributed by atoms with van der Waals surface area (Å²) in [6, 6.07) is 12.6. The second-order valence-corrected chi connectivity index (χ2v) is 6.29. The molecule has 26 heavy (non-hydrogen) atoms. The van der Waals surface area contributed by atoms with Gasteiger partial charge in [0.25, 0.3) is 0 Å². The van der Waals surface area contributed by atoms with Gasteiger partial charge in [-0.2, -0.15) is 0 Å². The van der Waals surface area contributed by atoms with Crippen LogP contribution in [0.4, 0.5) is 10.1 Å². The van der Waals surface area contributed by atoms with Crippen LogP contribution < -0.4 is 15.5 Å². The topological polar surface area (TPSA) is 54.4 Å². The van der Waals surface area contributed by atoms with Crippen LogP contribution in [0.25, 0.3) is 10.9 Å². The lowest BCUT2D eigenvalue weighted by atomic mass is 9.58. The van der Waals surface area contributed by atoms with Gasteiger partial charge in [-0.25, -0.2) is 4.39 Å². The molecule has 0 aliphatic rings. The number of pyridine rings is 1. The Bertz CT molecular complexity index is 904. The van der Waals surface area contributed by atoms with E-state index in [1.165, 1.54) is 6.07 Å². The molecule has 4 nitrogen and oxygen atoms in total. The van der Waals surface area contributed by atoms with Gasteiger partial charge in [0.15, 0.2) is 0 Å². The van der Waals surface area contributed by atoms with E-state index in [1.54, 1.807) is 25.4 Å². The Morgan fingerprint density at radius 2 is 2.04 bits per heavy atom. The Balaban J connectivity index is 1.71. The van der Waals surface area contributed by atoms with Crippen molar-refractivity contribution in [3.63, 3.8) is 0 Å². The molecule has 0 unspecified atom stereocenters. The first-order valence-corrected chi connectivity index (χ1v) is 8.74. The molecule has 6 heteroatoms. The number of rotatable bonds is 7. The third-order valence-corrected chi connectivity index (χ3v) is 4.40. The fraction of sp³-hybridized carbons (Fsp3) is 0.250. The van der Waals surface area contributed by atoms with Gasteiger partial charge in [0.2, 0.25) is 0 Å². The van der Waals surface area contributed by atoms with E-state index in [2.05, 4.69) is 10.3 Å². The van der Waals surface area contributed by atoms with Crippen molar-refractivity contribution in [2.24, 2.45) is 0 Å². The fourth-order valence-electron chi connectivity index (χ4n) is 2.88. The van der Waals surface area contributed by atoms with Gasteiger partial charge < -0.3 is 15.1 Å². The molecular weight excluding hydrogens is 330 g/mol. The molecule has 0 radical (unpaired) electrons. The van der Waals surface area contributed by atoms with E-state index in [0.29, 0.717) is 23.9 Å². The number of hydrogen-bond acceptors (Lipinski definition) is 4. The molecule has 3 aromatic rings. The van der Waals surface area contributed by atoms with Gasteiger partial charge in [0.1, 0.15) is 11.6 Å². The second kappa shape index (κ2) is 8.19. The van der Waals surface area contributed by atoms with Crippen LogP contribution in [0.15, 0.2) is 48.7 Å². The number of halogens is 1. The molecule has 0 aliphatic heterocycles. The first-order chi connectivity index (χ1) is 12.6. The smallest absolute Gasteiger partial charge is 0.323 e. The van der Waals surface area contributed by atoms with Gasteiger partial charge in [-0.05, 0) is 36.0 Å². The number of hydrogen-bond donors (Lipinski definition) is 2. The third kappa shape index (κ3) is 4.14. The maximum absolute atomic E-state index is 14.3. The number of methoxy groups -OCH3 is 1. The minimum atomic E-state index is -0.613. The first kappa shape index (κ1) is 18.2. The Morgan fingerprint density at radius 1 is 1.19 bits per heavy atom. The van der Waals surface area contributed by atoms with Crippen LogP contribution >= 0.6 is 0 Å². The van der Waals surface area contributed by atoms with Crippen LogP contribution in [0.5, 0.6) is 5.75 Å². The van der Waals surface area contributed by atoms with Crippen LogP contribution in [0.2, 0.25) is 6.32 Å². The van der Waals surface area contributed by atoms with E-state index >= 15 is 0 Å². The van der Waals surface area contributed by atoms with Crippen molar-refractivity contribution < 1.29 is 14.2 Å². The zero-order valence-electron chi connectivity index (χ0n) is 15.0. The van der Waals surface area contributed by atoms with Crippen molar-refractivity contribution in [2.75, 3.05) is 12.4 Å². The number of aromatic nitrogens is 1. The van der Waals surface area contributed by atoms with Gasteiger partial charge in [-0.1, -0.05) is 25.5 Å². The highest BCUT2D eigenvalue weighted by Crippen LogP contribution is 2.22. The highest BCUT2D eigenvalue weighted by Gasteiger charge is 2.14. The molecule has 3 rings (SSSR count). The summed E-state index contributed by atoms with van der Waals surface area (Å²) in [4.78, 5) is 4.41. The van der Waals surface area contributed by atoms with E-state index in [0.717, 1.165) is 28.8 Å². The molecule has 0 spiro atoms. The molecule has 2 aromatic carbocycles. The summed E-state index contributed by atoms with van der Waals surface area (Å²) < 4.78 is 19.5. The molecule has 0 fully saturated rings. The normalized spacial score (nSPS) is 10.8. The van der Waals surface area contributed by atoms with Crippen molar-refractivity contribution in [3.8, 4) is 5.75 Å². The molecule has 0 amide bonds. The van der Waals surface area contributed by atoms with Crippen LogP contribution in [-0.4, -0.2) is 24.0 Å². The minimum Gasteiger partial charge on any atom is -0.497 e. The Morgan fingerprint density at radius 3 is 2.77 bits per heavy atom. The summed E-state index contributed by atoms with van der Waals surface area (Å²) in [6.07, 6.45) is 3.20. The van der Waals surface area contributed by atoms with Crippen molar-refractivity contribution in [1.29, 1.82) is 0 Å². The lowest BCUT2D eigenvalue weighted by Crippen LogP contribution is -2.30. The number of nitrogens with one attached hydrogen (secondary N) is 1. The van der Waals surface area contributed by atoms with Crippen LogP contribution in [0, 0.1) is 5.82 Å². The fourth-order valence-corrected chi connectivity index (χ4v) is 2.88. The van der Waals surface area contributed by atoms with E-state index in [4.69, 9.17) is 4.74 Å². The standard InChI is InChI=1S/C20H22BFN2O2/c1-3-8-21(25)16-6-4-15(19(22)10-16)12-23-17-9-14-5-7-18(26-2)11-20(14)24-13-17/h4-7,9-11,13,23,25H,3,8,12H2,1-2H3. The quantitative estimate of drug-likeness (QED) is 0.638. The Hall–Kier alpha value is -2.60. The molecular formula is C20H22BFN2O2. The third-order valence-electron chi connectivity index (χ3n) is 4.40. The van der Waals surface area contributed by atoms with Crippen molar-refractivity contribution in [1.82, 2.24) is 4.98 Å². The number of benzene rings is 2. The second-order valence-electron chi connectivity index (χ2n) is 6.29. The van der Waals surface area contributed by atoms with Gasteiger partial charge in [-0.15, -0.1) is 0 Å². The highest BCUT2D eigenvalue weighted by atomic mass is 19.1. The number of fused-ring (bicyclic) bond motifs is 1. The Labute approximate surface area is 153 Å². The first-order valence-electron chi connectivity index (χ1n) is 8.74. The molecule has 1 aromatic heterocycles. The summed E-state index contributed by atoms with van der Waals surface area (Å²) in [6.45, 7) is 1.73. The largest absolute Gasteiger partial charge is 0.497 e. The lowest BCUT2D eigenvalue weighted by molar-refractivity contribution is 0.415. The Kier molecular flexibility index (Phi) is 5.73. The van der Waals surface area contributed by atoms with Crippen molar-refractivity contribution in [3.05, 3.63) is 60.0 Å². The van der Waals surface area contributed by atoms with Crippen LogP contribution in [0.1, 0.15) is 18.9 Å². The van der Waals surface area contributed by atoms with Crippen LogP contribution in [0.3, 0.4) is 0 Å². The van der Waals surface area contributed by atoms with E-state index in [9.17, 15) is 9.41 Å². The monoisotopic (exact) mass is 352 g/mol. The minimum absolute atomic E-state index is 0.316. The van der Waals surface area contributed by atoms with Gasteiger partial charge in [-0.3, -0.25) is 4.98 Å². The molecule has 0 saturated carbocycles. The summed E-state index contributed by atoms with van der Waals surface area (Å²) >= 11 is 0. The summed E-state index contributed by atoms with van der Waals surface area (Å²) in [5.41, 5.74) is 2.83. The number of anilines is 1. The summed E-state index contributed by atoms with van der Waals surface area (Å²) in [5.74, 6) is 0.446. The number of ether oxygens (including phenoxy) is 1. The van der Waals surface area contributed by atoms with Gasteiger partial charge >= 0.3 is 6.92 Å². The van der Waals surface area contributed by atoms with Gasteiger partial charge in [0.05, 0.1) is 24.5 Å². The SMILES string of the molecule is CCCB(O)c1ccc(CNc2cnc3cc(OC)ccc3c2)c(F)c1. The predicted octanol–water partition coefficient (Wildman–Crippen LogP) is 3.60. The van der Waals surface area contributed by atoms with E-state index < -0.39 is 6.92 Å². The van der Waals surface area contributed by atoms with E-state index in [-0.39, 0.29) is 5.82 Å². The van der Waals surface area contributed by atoms with E-state index in [1.807, 2.05) is 31.2 Å². The zero-order valence-corrected chi connectivity index (χ0v) is 15.0. The molecule has 134 valence electrons. The molecule has 0 bridgehead atoms. The summed E-state index contributed by atoms with van der Waals surface area (Å²) in [7, 11) is 1.62. The molecule has 0 aliphatic carbocycles. The molecule has 2 N–H and O–H groups in total. The molecule has 0 saturated heterocycles. The zero-order chi connectivity index (χ0) is 18.5. The number of nitrogens with zero attached hydrogens (tertiary/aromatic N) is 1. The summed E-state index contributed by atoms with van der Waals surface area (Å²) in [5, 5.41) is 14.2. The van der Waals surface area contributed by atoms with Crippen molar-refractivity contribution in [2.45, 2.75) is 26.2 Å². The van der Waals surface area contributed by atoms with Crippen LogP contribution in [-0.2, 0) is 6.54 Å². The average molecular weight is 352 g/mol. The predicted molar refractivity (Wildman–Crippen MR) is 105 cm³/mol.